The first-order valence-corrected chi connectivity index (χ1v) is 7.52. The van der Waals surface area contributed by atoms with Crippen LogP contribution in [0.5, 0.6) is 0 Å². The third-order valence-corrected chi connectivity index (χ3v) is 4.90. The van der Waals surface area contributed by atoms with Gasteiger partial charge in [-0.1, -0.05) is 19.1 Å². The van der Waals surface area contributed by atoms with Crippen molar-refractivity contribution in [2.75, 3.05) is 13.1 Å². The molecule has 1 saturated heterocycles. The van der Waals surface area contributed by atoms with E-state index >= 15 is 0 Å². The minimum atomic E-state index is 0.252. The van der Waals surface area contributed by atoms with Gasteiger partial charge in [-0.3, -0.25) is 0 Å². The Kier molecular flexibility index (Phi) is 2.46. The molecule has 1 aliphatic heterocycles. The molecule has 2 aromatic rings. The van der Waals surface area contributed by atoms with Gasteiger partial charge in [0.2, 0.25) is 0 Å². The summed E-state index contributed by atoms with van der Waals surface area (Å²) in [6, 6.07) is 9.32. The van der Waals surface area contributed by atoms with Crippen LogP contribution in [0.1, 0.15) is 44.5 Å². The van der Waals surface area contributed by atoms with Gasteiger partial charge >= 0.3 is 0 Å². The van der Waals surface area contributed by atoms with E-state index in [1.807, 2.05) is 0 Å². The summed E-state index contributed by atoms with van der Waals surface area (Å²) in [4.78, 5) is 5.02. The lowest BCUT2D eigenvalue weighted by Gasteiger charge is -2.27. The molecule has 2 aliphatic rings. The quantitative estimate of drug-likeness (QED) is 0.913. The number of nitrogens with one attached hydrogen (secondary N) is 1. The molecule has 1 N–H and O–H groups in total. The van der Waals surface area contributed by atoms with Gasteiger partial charge in [-0.2, -0.15) is 0 Å². The van der Waals surface area contributed by atoms with Crippen LogP contribution in [0.2, 0.25) is 0 Å². The van der Waals surface area contributed by atoms with Crippen LogP contribution in [-0.4, -0.2) is 22.6 Å². The molecular formula is C16H21N3. The summed E-state index contributed by atoms with van der Waals surface area (Å²) in [5, 5.41) is 3.54. The number of para-hydroxylation sites is 2. The summed E-state index contributed by atoms with van der Waals surface area (Å²) in [6.45, 7) is 4.52. The van der Waals surface area contributed by atoms with Gasteiger partial charge in [-0.15, -0.1) is 0 Å². The monoisotopic (exact) mass is 255 g/mol. The van der Waals surface area contributed by atoms with Gasteiger partial charge in [0.1, 0.15) is 5.82 Å². The van der Waals surface area contributed by atoms with Crippen molar-refractivity contribution in [3.8, 4) is 0 Å². The SMILES string of the molecule is CCC1(c2nc3ccccc3n2C2CC2)CCNC1. The van der Waals surface area contributed by atoms with Crippen LogP contribution in [-0.2, 0) is 5.41 Å². The average Bonchev–Trinajstić information content (AvgIpc) is 3.05. The lowest BCUT2D eigenvalue weighted by Crippen LogP contribution is -2.31. The molecule has 0 amide bonds. The molecule has 1 unspecified atom stereocenters. The molecule has 3 heteroatoms. The van der Waals surface area contributed by atoms with Crippen molar-refractivity contribution in [3.05, 3.63) is 30.1 Å². The topological polar surface area (TPSA) is 29.9 Å². The summed E-state index contributed by atoms with van der Waals surface area (Å²) < 4.78 is 2.55. The van der Waals surface area contributed by atoms with E-state index in [9.17, 15) is 0 Å². The molecule has 100 valence electrons. The van der Waals surface area contributed by atoms with Gasteiger partial charge < -0.3 is 9.88 Å². The number of hydrogen-bond acceptors (Lipinski definition) is 2. The summed E-state index contributed by atoms with van der Waals surface area (Å²) in [6.07, 6.45) is 5.04. The maximum Gasteiger partial charge on any atom is 0.117 e. The Hall–Kier alpha value is -1.35. The van der Waals surface area contributed by atoms with E-state index in [1.165, 1.54) is 42.5 Å². The first-order valence-electron chi connectivity index (χ1n) is 7.52. The van der Waals surface area contributed by atoms with Gasteiger partial charge in [-0.25, -0.2) is 4.98 Å². The minimum absolute atomic E-state index is 0.252. The highest BCUT2D eigenvalue weighted by molar-refractivity contribution is 5.76. The Labute approximate surface area is 114 Å². The maximum atomic E-state index is 5.02. The van der Waals surface area contributed by atoms with Gasteiger partial charge in [0.15, 0.2) is 0 Å². The first-order chi connectivity index (χ1) is 9.34. The number of rotatable bonds is 3. The first kappa shape index (κ1) is 11.5. The van der Waals surface area contributed by atoms with E-state index in [-0.39, 0.29) is 5.41 Å². The fraction of sp³-hybridized carbons (Fsp3) is 0.562. The van der Waals surface area contributed by atoms with Crippen LogP contribution >= 0.6 is 0 Å². The fourth-order valence-electron chi connectivity index (χ4n) is 3.52. The summed E-state index contributed by atoms with van der Waals surface area (Å²) in [7, 11) is 0. The smallest absolute Gasteiger partial charge is 0.117 e. The molecule has 2 heterocycles. The largest absolute Gasteiger partial charge is 0.324 e. The zero-order chi connectivity index (χ0) is 12.9. The van der Waals surface area contributed by atoms with Crippen LogP contribution in [0.25, 0.3) is 11.0 Å². The van der Waals surface area contributed by atoms with Crippen molar-refractivity contribution >= 4 is 11.0 Å². The van der Waals surface area contributed by atoms with Crippen molar-refractivity contribution in [3.63, 3.8) is 0 Å². The van der Waals surface area contributed by atoms with Crippen LogP contribution in [0.15, 0.2) is 24.3 Å². The normalized spacial score (nSPS) is 27.2. The second kappa shape index (κ2) is 4.07. The summed E-state index contributed by atoms with van der Waals surface area (Å²) in [5.74, 6) is 1.34. The van der Waals surface area contributed by atoms with Gasteiger partial charge in [0.05, 0.1) is 11.0 Å². The molecule has 1 aromatic heterocycles. The number of benzene rings is 1. The van der Waals surface area contributed by atoms with Gasteiger partial charge in [-0.05, 0) is 44.4 Å². The molecule has 1 aromatic carbocycles. The zero-order valence-corrected chi connectivity index (χ0v) is 11.5. The highest BCUT2D eigenvalue weighted by Crippen LogP contribution is 2.43. The number of hydrogen-bond donors (Lipinski definition) is 1. The Balaban J connectivity index is 1.95. The third-order valence-electron chi connectivity index (χ3n) is 4.90. The van der Waals surface area contributed by atoms with Crippen LogP contribution in [0, 0.1) is 0 Å². The molecule has 1 saturated carbocycles. The lowest BCUT2D eigenvalue weighted by atomic mass is 9.83. The minimum Gasteiger partial charge on any atom is -0.324 e. The average molecular weight is 255 g/mol. The predicted octanol–water partition coefficient (Wildman–Crippen LogP) is 3.01. The van der Waals surface area contributed by atoms with E-state index < -0.39 is 0 Å². The van der Waals surface area contributed by atoms with Gasteiger partial charge in [0.25, 0.3) is 0 Å². The maximum absolute atomic E-state index is 5.02. The second-order valence-electron chi connectivity index (χ2n) is 6.09. The fourth-order valence-corrected chi connectivity index (χ4v) is 3.52. The highest BCUT2D eigenvalue weighted by atomic mass is 15.2. The van der Waals surface area contributed by atoms with E-state index in [0.717, 1.165) is 13.1 Å². The van der Waals surface area contributed by atoms with Crippen molar-refractivity contribution in [2.24, 2.45) is 0 Å². The molecule has 3 nitrogen and oxygen atoms in total. The second-order valence-corrected chi connectivity index (χ2v) is 6.09. The molecule has 19 heavy (non-hydrogen) atoms. The van der Waals surface area contributed by atoms with Crippen molar-refractivity contribution < 1.29 is 0 Å². The number of imidazole rings is 1. The zero-order valence-electron chi connectivity index (χ0n) is 11.5. The lowest BCUT2D eigenvalue weighted by molar-refractivity contribution is 0.406. The van der Waals surface area contributed by atoms with E-state index in [4.69, 9.17) is 4.98 Å². The predicted molar refractivity (Wildman–Crippen MR) is 77.5 cm³/mol. The Morgan fingerprint density at radius 1 is 1.37 bits per heavy atom. The Bertz CT molecular complexity index is 603. The molecule has 0 spiro atoms. The molecule has 4 rings (SSSR count). The third kappa shape index (κ3) is 1.64. The Morgan fingerprint density at radius 3 is 2.89 bits per heavy atom. The summed E-state index contributed by atoms with van der Waals surface area (Å²) in [5.41, 5.74) is 2.76. The van der Waals surface area contributed by atoms with Crippen LogP contribution in [0.4, 0.5) is 0 Å². The van der Waals surface area contributed by atoms with E-state index in [2.05, 4.69) is 41.1 Å². The number of fused-ring (bicyclic) bond motifs is 1. The van der Waals surface area contributed by atoms with Crippen molar-refractivity contribution in [1.82, 2.24) is 14.9 Å². The standard InChI is InChI=1S/C16H21N3/c1-2-16(9-10-17-11-16)15-18-13-5-3-4-6-14(13)19(15)12-7-8-12/h3-6,12,17H,2,7-11H2,1H3. The van der Waals surface area contributed by atoms with Crippen LogP contribution in [0.3, 0.4) is 0 Å². The molecule has 1 atom stereocenters. The Morgan fingerprint density at radius 2 is 2.21 bits per heavy atom. The molecule has 1 aliphatic carbocycles. The highest BCUT2D eigenvalue weighted by Gasteiger charge is 2.41. The summed E-state index contributed by atoms with van der Waals surface area (Å²) >= 11 is 0. The number of nitrogens with zero attached hydrogens (tertiary/aromatic N) is 2. The molecule has 2 fully saturated rings. The molecule has 0 bridgehead atoms. The van der Waals surface area contributed by atoms with Crippen molar-refractivity contribution in [2.45, 2.75) is 44.1 Å². The molecular weight excluding hydrogens is 234 g/mol. The number of aromatic nitrogens is 2. The van der Waals surface area contributed by atoms with Crippen LogP contribution < -0.4 is 5.32 Å². The van der Waals surface area contributed by atoms with Gasteiger partial charge in [0, 0.05) is 18.0 Å². The molecule has 0 radical (unpaired) electrons. The van der Waals surface area contributed by atoms with E-state index in [1.54, 1.807) is 0 Å². The van der Waals surface area contributed by atoms with E-state index in [0.29, 0.717) is 6.04 Å². The van der Waals surface area contributed by atoms with Crippen molar-refractivity contribution in [1.29, 1.82) is 0 Å².